The average Bonchev–Trinajstić information content (AvgIpc) is 2.22. The van der Waals surface area contributed by atoms with Crippen molar-refractivity contribution in [1.82, 2.24) is 0 Å². The number of nitrogen functional groups attached to an aromatic ring is 1. The van der Waals surface area contributed by atoms with Crippen LogP contribution in [0.4, 0.5) is 11.4 Å². The average molecular weight is 221 g/mol. The molecule has 0 saturated carbocycles. The zero-order valence-electron chi connectivity index (χ0n) is 9.62. The highest BCUT2D eigenvalue weighted by Gasteiger charge is 1.98. The van der Waals surface area contributed by atoms with Crippen LogP contribution < -0.4 is 16.8 Å². The van der Waals surface area contributed by atoms with Crippen LogP contribution in [-0.2, 0) is 4.79 Å². The number of rotatable bonds is 6. The van der Waals surface area contributed by atoms with Gasteiger partial charge in [-0.15, -0.1) is 0 Å². The number of nitrogens with one attached hydrogen (secondary N) is 1. The summed E-state index contributed by atoms with van der Waals surface area (Å²) in [6.45, 7) is 2.86. The standard InChI is InChI=1S/C12H19N3O/c1-9-5-6-10(13)8-11(9)15-7-3-2-4-12(14)16/h5-6,8,15H,2-4,7,13H2,1H3,(H2,14,16). The number of primary amides is 1. The van der Waals surface area contributed by atoms with E-state index in [1.807, 2.05) is 25.1 Å². The molecule has 4 nitrogen and oxygen atoms in total. The van der Waals surface area contributed by atoms with E-state index in [4.69, 9.17) is 11.5 Å². The Bertz CT molecular complexity index is 363. The molecule has 0 aliphatic rings. The maximum Gasteiger partial charge on any atom is 0.217 e. The molecule has 0 unspecified atom stereocenters. The minimum absolute atomic E-state index is 0.236. The zero-order chi connectivity index (χ0) is 12.0. The summed E-state index contributed by atoms with van der Waals surface area (Å²) >= 11 is 0. The largest absolute Gasteiger partial charge is 0.399 e. The summed E-state index contributed by atoms with van der Waals surface area (Å²) in [7, 11) is 0. The molecule has 0 spiro atoms. The van der Waals surface area contributed by atoms with Crippen LogP contribution in [0.5, 0.6) is 0 Å². The molecule has 0 aliphatic heterocycles. The minimum Gasteiger partial charge on any atom is -0.399 e. The number of nitrogens with two attached hydrogens (primary N) is 2. The number of hydrogen-bond acceptors (Lipinski definition) is 3. The van der Waals surface area contributed by atoms with Crippen LogP contribution in [0.1, 0.15) is 24.8 Å². The minimum atomic E-state index is -0.236. The van der Waals surface area contributed by atoms with E-state index in [0.717, 1.165) is 30.8 Å². The number of amides is 1. The Hall–Kier alpha value is -1.71. The van der Waals surface area contributed by atoms with Gasteiger partial charge in [-0.2, -0.15) is 0 Å². The fraction of sp³-hybridized carbons (Fsp3) is 0.417. The molecule has 0 saturated heterocycles. The lowest BCUT2D eigenvalue weighted by Crippen LogP contribution is -2.11. The molecular weight excluding hydrogens is 202 g/mol. The molecule has 1 aromatic carbocycles. The van der Waals surface area contributed by atoms with E-state index in [9.17, 15) is 4.79 Å². The van der Waals surface area contributed by atoms with Crippen LogP contribution in [0.15, 0.2) is 18.2 Å². The first kappa shape index (κ1) is 12.4. The van der Waals surface area contributed by atoms with Crippen molar-refractivity contribution in [3.8, 4) is 0 Å². The molecular formula is C12H19N3O. The number of unbranched alkanes of at least 4 members (excludes halogenated alkanes) is 1. The second-order valence-electron chi connectivity index (χ2n) is 3.92. The van der Waals surface area contributed by atoms with E-state index in [1.165, 1.54) is 5.56 Å². The van der Waals surface area contributed by atoms with Crippen molar-refractivity contribution in [3.05, 3.63) is 23.8 Å². The number of aryl methyl sites for hydroxylation is 1. The first-order valence-electron chi connectivity index (χ1n) is 5.48. The van der Waals surface area contributed by atoms with Crippen molar-refractivity contribution < 1.29 is 4.79 Å². The quantitative estimate of drug-likeness (QED) is 0.504. The third kappa shape index (κ3) is 4.21. The van der Waals surface area contributed by atoms with E-state index in [2.05, 4.69) is 5.32 Å². The van der Waals surface area contributed by atoms with E-state index < -0.39 is 0 Å². The second kappa shape index (κ2) is 6.00. The molecule has 1 aromatic rings. The van der Waals surface area contributed by atoms with Crippen molar-refractivity contribution in [2.45, 2.75) is 26.2 Å². The summed E-state index contributed by atoms with van der Waals surface area (Å²) in [5.41, 5.74) is 13.7. The molecule has 0 aromatic heterocycles. The van der Waals surface area contributed by atoms with Gasteiger partial charge in [0.25, 0.3) is 0 Å². The fourth-order valence-corrected chi connectivity index (χ4v) is 1.48. The summed E-state index contributed by atoms with van der Waals surface area (Å²) in [5, 5.41) is 3.30. The highest BCUT2D eigenvalue weighted by atomic mass is 16.1. The van der Waals surface area contributed by atoms with Gasteiger partial charge in [0.15, 0.2) is 0 Å². The lowest BCUT2D eigenvalue weighted by atomic mass is 10.1. The fourth-order valence-electron chi connectivity index (χ4n) is 1.48. The Labute approximate surface area is 96.0 Å². The molecule has 0 heterocycles. The highest BCUT2D eigenvalue weighted by molar-refractivity contribution is 5.73. The van der Waals surface area contributed by atoms with Crippen molar-refractivity contribution in [2.24, 2.45) is 5.73 Å². The molecule has 0 fully saturated rings. The van der Waals surface area contributed by atoms with E-state index in [0.29, 0.717) is 6.42 Å². The van der Waals surface area contributed by atoms with Gasteiger partial charge in [0.2, 0.25) is 5.91 Å². The summed E-state index contributed by atoms with van der Waals surface area (Å²) in [6, 6.07) is 5.79. The molecule has 0 atom stereocenters. The molecule has 88 valence electrons. The highest BCUT2D eigenvalue weighted by Crippen LogP contribution is 2.17. The molecule has 5 N–H and O–H groups in total. The predicted molar refractivity (Wildman–Crippen MR) is 67.1 cm³/mol. The number of anilines is 2. The Morgan fingerprint density at radius 1 is 1.38 bits per heavy atom. The van der Waals surface area contributed by atoms with Crippen LogP contribution in [0.3, 0.4) is 0 Å². The molecule has 1 rings (SSSR count). The van der Waals surface area contributed by atoms with Gasteiger partial charge in [0.05, 0.1) is 0 Å². The van der Waals surface area contributed by atoms with Crippen LogP contribution in [-0.4, -0.2) is 12.5 Å². The normalized spacial score (nSPS) is 10.1. The maximum atomic E-state index is 10.5. The molecule has 0 bridgehead atoms. The van der Waals surface area contributed by atoms with Gasteiger partial charge in [0, 0.05) is 24.3 Å². The number of carbonyl (C=O) groups excluding carboxylic acids is 1. The van der Waals surface area contributed by atoms with Gasteiger partial charge >= 0.3 is 0 Å². The van der Waals surface area contributed by atoms with Gasteiger partial charge in [-0.05, 0) is 37.5 Å². The predicted octanol–water partition coefficient (Wildman–Crippen LogP) is 1.64. The summed E-state index contributed by atoms with van der Waals surface area (Å²) in [5.74, 6) is -0.236. The Balaban J connectivity index is 2.31. The monoisotopic (exact) mass is 221 g/mol. The van der Waals surface area contributed by atoms with Crippen LogP contribution in [0.2, 0.25) is 0 Å². The van der Waals surface area contributed by atoms with Crippen molar-refractivity contribution in [1.29, 1.82) is 0 Å². The van der Waals surface area contributed by atoms with Crippen LogP contribution >= 0.6 is 0 Å². The molecule has 4 heteroatoms. The third-order valence-electron chi connectivity index (χ3n) is 2.43. The topological polar surface area (TPSA) is 81.1 Å². The lowest BCUT2D eigenvalue weighted by molar-refractivity contribution is -0.118. The summed E-state index contributed by atoms with van der Waals surface area (Å²) in [6.07, 6.45) is 2.21. The first-order valence-corrected chi connectivity index (χ1v) is 5.48. The van der Waals surface area contributed by atoms with E-state index in [-0.39, 0.29) is 5.91 Å². The van der Waals surface area contributed by atoms with Gasteiger partial charge in [0.1, 0.15) is 0 Å². The van der Waals surface area contributed by atoms with Crippen LogP contribution in [0, 0.1) is 6.92 Å². The number of benzene rings is 1. The van der Waals surface area contributed by atoms with Crippen LogP contribution in [0.25, 0.3) is 0 Å². The van der Waals surface area contributed by atoms with E-state index >= 15 is 0 Å². The number of hydrogen-bond donors (Lipinski definition) is 3. The first-order chi connectivity index (χ1) is 7.59. The summed E-state index contributed by atoms with van der Waals surface area (Å²) in [4.78, 5) is 10.5. The zero-order valence-corrected chi connectivity index (χ0v) is 9.62. The molecule has 0 aliphatic carbocycles. The van der Waals surface area contributed by atoms with Crippen molar-refractivity contribution in [2.75, 3.05) is 17.6 Å². The lowest BCUT2D eigenvalue weighted by Gasteiger charge is -2.09. The Morgan fingerprint density at radius 2 is 2.12 bits per heavy atom. The van der Waals surface area contributed by atoms with Gasteiger partial charge in [-0.1, -0.05) is 6.07 Å². The molecule has 0 radical (unpaired) electrons. The maximum absolute atomic E-state index is 10.5. The van der Waals surface area contributed by atoms with Gasteiger partial charge < -0.3 is 16.8 Å². The van der Waals surface area contributed by atoms with Crippen molar-refractivity contribution >= 4 is 17.3 Å². The Morgan fingerprint density at radius 3 is 2.81 bits per heavy atom. The summed E-state index contributed by atoms with van der Waals surface area (Å²) < 4.78 is 0. The van der Waals surface area contributed by atoms with Crippen molar-refractivity contribution in [3.63, 3.8) is 0 Å². The number of carbonyl (C=O) groups is 1. The molecule has 1 amide bonds. The van der Waals surface area contributed by atoms with Gasteiger partial charge in [-0.3, -0.25) is 4.79 Å². The second-order valence-corrected chi connectivity index (χ2v) is 3.92. The smallest absolute Gasteiger partial charge is 0.217 e. The molecule has 16 heavy (non-hydrogen) atoms. The van der Waals surface area contributed by atoms with E-state index in [1.54, 1.807) is 0 Å². The SMILES string of the molecule is Cc1ccc(N)cc1NCCCCC(N)=O. The third-order valence-corrected chi connectivity index (χ3v) is 2.43. The Kier molecular flexibility index (Phi) is 4.64. The van der Waals surface area contributed by atoms with Gasteiger partial charge in [-0.25, -0.2) is 0 Å².